The second kappa shape index (κ2) is 5.57. The smallest absolute Gasteiger partial charge is 0.270 e. The summed E-state index contributed by atoms with van der Waals surface area (Å²) >= 11 is 0. The zero-order valence-electron chi connectivity index (χ0n) is 12.2. The molecule has 22 heavy (non-hydrogen) atoms. The largest absolute Gasteiger partial charge is 0.392 e. The van der Waals surface area contributed by atoms with Gasteiger partial charge in [0.25, 0.3) is 5.91 Å². The molecule has 3 heterocycles. The van der Waals surface area contributed by atoms with Crippen LogP contribution in [-0.4, -0.2) is 52.5 Å². The molecule has 2 saturated heterocycles. The summed E-state index contributed by atoms with van der Waals surface area (Å²) in [4.78, 5) is 40.2. The minimum absolute atomic E-state index is 0.176. The van der Waals surface area contributed by atoms with Crippen molar-refractivity contribution in [3.05, 3.63) is 34.2 Å². The summed E-state index contributed by atoms with van der Waals surface area (Å²) in [6, 6.07) is 4.41. The van der Waals surface area contributed by atoms with E-state index in [0.717, 1.165) is 6.42 Å². The summed E-state index contributed by atoms with van der Waals surface area (Å²) < 4.78 is 0. The second-order valence-corrected chi connectivity index (χ2v) is 5.98. The molecule has 2 aliphatic heterocycles. The number of aliphatic hydroxyl groups excluding tert-OH is 1. The number of aliphatic hydroxyl groups is 1. The Balaban J connectivity index is 1.85. The number of hydrogen-bond donors (Lipinski definition) is 3. The average molecular weight is 305 g/mol. The number of piperidine rings is 2. The highest BCUT2D eigenvalue weighted by Crippen LogP contribution is 2.37. The summed E-state index contributed by atoms with van der Waals surface area (Å²) in [5.74, 6) is -0.507. The number of carbonyl (C=O) groups excluding carboxylic acids is 2. The summed E-state index contributed by atoms with van der Waals surface area (Å²) in [6.07, 6.45) is 0.963. The maximum absolute atomic E-state index is 12.5. The second-order valence-electron chi connectivity index (χ2n) is 5.98. The highest BCUT2D eigenvalue weighted by Gasteiger charge is 2.50. The Bertz CT molecular complexity index is 656. The van der Waals surface area contributed by atoms with Gasteiger partial charge in [0, 0.05) is 25.7 Å². The number of pyridine rings is 1. The maximum Gasteiger partial charge on any atom is 0.270 e. The zero-order chi connectivity index (χ0) is 15.7. The minimum Gasteiger partial charge on any atom is -0.392 e. The minimum atomic E-state index is -0.929. The van der Waals surface area contributed by atoms with Gasteiger partial charge in [-0.25, -0.2) is 0 Å². The van der Waals surface area contributed by atoms with Crippen LogP contribution in [0, 0.1) is 5.41 Å². The molecular formula is C15H19N3O4. The number of carbonyl (C=O) groups is 2. The Morgan fingerprint density at radius 3 is 2.91 bits per heavy atom. The molecule has 0 aromatic carbocycles. The average Bonchev–Trinajstić information content (AvgIpc) is 2.52. The molecule has 2 atom stereocenters. The first-order chi connectivity index (χ1) is 10.5. The van der Waals surface area contributed by atoms with E-state index in [0.29, 0.717) is 25.9 Å². The maximum atomic E-state index is 12.5. The number of nitrogens with one attached hydrogen (secondary N) is 2. The van der Waals surface area contributed by atoms with E-state index in [2.05, 4.69) is 10.3 Å². The molecule has 2 aliphatic rings. The monoisotopic (exact) mass is 305 g/mol. The van der Waals surface area contributed by atoms with E-state index in [-0.39, 0.29) is 29.6 Å². The normalized spacial score (nSPS) is 28.5. The predicted molar refractivity (Wildman–Crippen MR) is 78.3 cm³/mol. The van der Waals surface area contributed by atoms with Crippen molar-refractivity contribution in [2.45, 2.75) is 25.4 Å². The number of aromatic nitrogens is 1. The van der Waals surface area contributed by atoms with Crippen LogP contribution in [0.4, 0.5) is 0 Å². The van der Waals surface area contributed by atoms with E-state index in [1.807, 2.05) is 0 Å². The van der Waals surface area contributed by atoms with Crippen LogP contribution >= 0.6 is 0 Å². The summed E-state index contributed by atoms with van der Waals surface area (Å²) in [6.45, 7) is 1.15. The SMILES string of the molecule is O=C(c1cccc(=O)[nH]1)N1CC[C@H](O)[C@@]2(CCCNC2=O)C1. The molecule has 3 rings (SSSR count). The zero-order valence-corrected chi connectivity index (χ0v) is 12.2. The molecule has 2 fully saturated rings. The summed E-state index contributed by atoms with van der Waals surface area (Å²) in [5.41, 5.74) is -1.07. The van der Waals surface area contributed by atoms with Crippen molar-refractivity contribution in [1.29, 1.82) is 0 Å². The Morgan fingerprint density at radius 2 is 2.18 bits per heavy atom. The molecule has 0 unspecified atom stereocenters. The molecule has 118 valence electrons. The molecule has 0 radical (unpaired) electrons. The van der Waals surface area contributed by atoms with E-state index in [4.69, 9.17) is 0 Å². The number of rotatable bonds is 1. The first-order valence-corrected chi connectivity index (χ1v) is 7.48. The Hall–Kier alpha value is -2.15. The fourth-order valence-electron chi connectivity index (χ4n) is 3.36. The van der Waals surface area contributed by atoms with E-state index in [1.54, 1.807) is 11.0 Å². The van der Waals surface area contributed by atoms with Gasteiger partial charge in [0.1, 0.15) is 5.69 Å². The van der Waals surface area contributed by atoms with Gasteiger partial charge in [0.05, 0.1) is 11.5 Å². The first kappa shape index (κ1) is 14.8. The van der Waals surface area contributed by atoms with Crippen LogP contribution in [0.2, 0.25) is 0 Å². The Labute approximate surface area is 127 Å². The lowest BCUT2D eigenvalue weighted by molar-refractivity contribution is -0.147. The lowest BCUT2D eigenvalue weighted by Crippen LogP contribution is -2.62. The number of likely N-dealkylation sites (tertiary alicyclic amines) is 1. The van der Waals surface area contributed by atoms with Crippen LogP contribution in [0.3, 0.4) is 0 Å². The van der Waals surface area contributed by atoms with Crippen LogP contribution in [-0.2, 0) is 4.79 Å². The number of aromatic amines is 1. The van der Waals surface area contributed by atoms with Gasteiger partial charge in [-0.3, -0.25) is 14.4 Å². The van der Waals surface area contributed by atoms with Gasteiger partial charge in [0.15, 0.2) is 0 Å². The van der Waals surface area contributed by atoms with Gasteiger partial charge in [-0.2, -0.15) is 0 Å². The first-order valence-electron chi connectivity index (χ1n) is 7.48. The third kappa shape index (κ3) is 2.41. The molecule has 7 heteroatoms. The molecular weight excluding hydrogens is 286 g/mol. The van der Waals surface area contributed by atoms with Gasteiger partial charge in [-0.05, 0) is 25.3 Å². The fourth-order valence-corrected chi connectivity index (χ4v) is 3.36. The topological polar surface area (TPSA) is 102 Å². The van der Waals surface area contributed by atoms with Crippen molar-refractivity contribution in [1.82, 2.24) is 15.2 Å². The van der Waals surface area contributed by atoms with E-state index in [1.165, 1.54) is 12.1 Å². The third-order valence-corrected chi connectivity index (χ3v) is 4.61. The number of hydrogen-bond acceptors (Lipinski definition) is 4. The Morgan fingerprint density at radius 1 is 1.36 bits per heavy atom. The lowest BCUT2D eigenvalue weighted by atomic mass is 9.71. The van der Waals surface area contributed by atoms with Crippen LogP contribution in [0.25, 0.3) is 0 Å². The Kier molecular flexibility index (Phi) is 3.74. The fraction of sp³-hybridized carbons (Fsp3) is 0.533. The highest BCUT2D eigenvalue weighted by atomic mass is 16.3. The summed E-state index contributed by atoms with van der Waals surface area (Å²) in [7, 11) is 0. The van der Waals surface area contributed by atoms with Crippen molar-refractivity contribution in [2.75, 3.05) is 19.6 Å². The molecule has 0 saturated carbocycles. The molecule has 1 spiro atoms. The van der Waals surface area contributed by atoms with Crippen LogP contribution in [0.15, 0.2) is 23.0 Å². The van der Waals surface area contributed by atoms with Gasteiger partial charge in [0.2, 0.25) is 11.5 Å². The van der Waals surface area contributed by atoms with E-state index >= 15 is 0 Å². The number of amides is 2. The van der Waals surface area contributed by atoms with Crippen LogP contribution in [0.5, 0.6) is 0 Å². The lowest BCUT2D eigenvalue weighted by Gasteiger charge is -2.46. The van der Waals surface area contributed by atoms with Crippen LogP contribution < -0.4 is 10.9 Å². The van der Waals surface area contributed by atoms with Crippen molar-refractivity contribution < 1.29 is 14.7 Å². The number of nitrogens with zero attached hydrogens (tertiary/aromatic N) is 1. The quantitative estimate of drug-likeness (QED) is 0.649. The van der Waals surface area contributed by atoms with Gasteiger partial charge < -0.3 is 20.3 Å². The van der Waals surface area contributed by atoms with Crippen molar-refractivity contribution in [3.63, 3.8) is 0 Å². The molecule has 7 nitrogen and oxygen atoms in total. The van der Waals surface area contributed by atoms with Gasteiger partial charge >= 0.3 is 0 Å². The van der Waals surface area contributed by atoms with Crippen molar-refractivity contribution in [2.24, 2.45) is 5.41 Å². The van der Waals surface area contributed by atoms with Gasteiger partial charge in [-0.1, -0.05) is 6.07 Å². The molecule has 0 aliphatic carbocycles. The third-order valence-electron chi connectivity index (χ3n) is 4.61. The van der Waals surface area contributed by atoms with Crippen molar-refractivity contribution in [3.8, 4) is 0 Å². The summed E-state index contributed by atoms with van der Waals surface area (Å²) in [5, 5.41) is 13.1. The molecule has 2 amide bonds. The standard InChI is InChI=1S/C15H19N3O4/c19-11-5-8-18(9-15(11)6-2-7-16-14(15)22)13(21)10-3-1-4-12(20)17-10/h1,3-4,11,19H,2,5-9H2,(H,16,22)(H,17,20)/t11-,15+/m0/s1. The molecule has 3 N–H and O–H groups in total. The molecule has 0 bridgehead atoms. The molecule has 1 aromatic rings. The van der Waals surface area contributed by atoms with Gasteiger partial charge in [-0.15, -0.1) is 0 Å². The van der Waals surface area contributed by atoms with Crippen molar-refractivity contribution >= 4 is 11.8 Å². The van der Waals surface area contributed by atoms with E-state index < -0.39 is 11.5 Å². The molecule has 1 aromatic heterocycles. The number of H-pyrrole nitrogens is 1. The highest BCUT2D eigenvalue weighted by molar-refractivity contribution is 5.93. The van der Waals surface area contributed by atoms with E-state index in [9.17, 15) is 19.5 Å². The van der Waals surface area contributed by atoms with Crippen LogP contribution in [0.1, 0.15) is 29.8 Å². The predicted octanol–water partition coefficient (Wildman–Crippen LogP) is -0.522.